The van der Waals surface area contributed by atoms with Gasteiger partial charge in [-0.1, -0.05) is 32.4 Å². The number of nitrogens with zero attached hydrogens (tertiary/aromatic N) is 2. The van der Waals surface area contributed by atoms with E-state index in [1.54, 1.807) is 0 Å². The van der Waals surface area contributed by atoms with Crippen LogP contribution in [-0.4, -0.2) is 45.2 Å². The molecule has 3 rings (SSSR count). The molecule has 0 aromatic heterocycles. The lowest BCUT2D eigenvalue weighted by molar-refractivity contribution is -0.384. The highest BCUT2D eigenvalue weighted by Crippen LogP contribution is 2.47. The molecule has 9 heteroatoms. The van der Waals surface area contributed by atoms with E-state index < -0.39 is 34.3 Å². The lowest BCUT2D eigenvalue weighted by Gasteiger charge is -2.46. The number of benzene rings is 1. The normalized spacial score (nSPS) is 27.2. The van der Waals surface area contributed by atoms with Crippen LogP contribution < -0.4 is 0 Å². The smallest absolute Gasteiger partial charge is 0.328 e. The number of nitro groups is 1. The van der Waals surface area contributed by atoms with E-state index in [2.05, 4.69) is 20.8 Å². The molecule has 1 spiro atoms. The molecule has 1 aromatic carbocycles. The van der Waals surface area contributed by atoms with Gasteiger partial charge in [-0.15, -0.1) is 0 Å². The number of carboxylic acid groups (broad SMARTS) is 1. The van der Waals surface area contributed by atoms with Crippen molar-refractivity contribution in [3.63, 3.8) is 0 Å². The molecule has 1 aromatic rings. The second-order valence-electron chi connectivity index (χ2n) is 8.85. The topological polar surface area (TPSA) is 110 Å². The average molecular weight is 425 g/mol. The van der Waals surface area contributed by atoms with Crippen LogP contribution in [0.1, 0.15) is 56.8 Å². The van der Waals surface area contributed by atoms with Crippen molar-refractivity contribution in [1.82, 2.24) is 4.90 Å². The molecule has 158 valence electrons. The number of hydrogen-bond acceptors (Lipinski definition) is 5. The van der Waals surface area contributed by atoms with E-state index in [1.807, 2.05) is 0 Å². The summed E-state index contributed by atoms with van der Waals surface area (Å²) in [5.74, 6) is -1.31. The lowest BCUT2D eigenvalue weighted by atomic mass is 9.70. The number of nitro benzene ring substituents is 1. The van der Waals surface area contributed by atoms with Crippen molar-refractivity contribution < 1.29 is 24.4 Å². The van der Waals surface area contributed by atoms with Gasteiger partial charge in [0.05, 0.1) is 11.5 Å². The zero-order chi connectivity index (χ0) is 21.6. The Morgan fingerprint density at radius 1 is 1.31 bits per heavy atom. The lowest BCUT2D eigenvalue weighted by Crippen LogP contribution is -2.55. The number of amides is 1. The van der Waals surface area contributed by atoms with Crippen LogP contribution in [-0.2, 0) is 9.53 Å². The van der Waals surface area contributed by atoms with Crippen LogP contribution in [0.25, 0.3) is 0 Å². The summed E-state index contributed by atoms with van der Waals surface area (Å²) < 4.78 is 5.94. The second-order valence-corrected chi connectivity index (χ2v) is 9.26. The van der Waals surface area contributed by atoms with Gasteiger partial charge in [0.25, 0.3) is 11.6 Å². The molecule has 1 N–H and O–H groups in total. The molecular weight excluding hydrogens is 400 g/mol. The zero-order valence-electron chi connectivity index (χ0n) is 16.7. The molecule has 1 aliphatic heterocycles. The largest absolute Gasteiger partial charge is 0.480 e. The van der Waals surface area contributed by atoms with Gasteiger partial charge in [0.2, 0.25) is 0 Å². The predicted octanol–water partition coefficient (Wildman–Crippen LogP) is 4.11. The van der Waals surface area contributed by atoms with Crippen molar-refractivity contribution in [3.05, 3.63) is 38.9 Å². The van der Waals surface area contributed by atoms with Crippen LogP contribution in [0.15, 0.2) is 18.2 Å². The molecule has 1 heterocycles. The molecule has 0 radical (unpaired) electrons. The van der Waals surface area contributed by atoms with Crippen molar-refractivity contribution in [2.75, 3.05) is 6.61 Å². The summed E-state index contributed by atoms with van der Waals surface area (Å²) in [7, 11) is 0. The highest BCUT2D eigenvalue weighted by Gasteiger charge is 2.54. The Labute approximate surface area is 173 Å². The molecule has 1 aliphatic carbocycles. The summed E-state index contributed by atoms with van der Waals surface area (Å²) in [6.07, 6.45) is 2.67. The van der Waals surface area contributed by atoms with Gasteiger partial charge in [-0.25, -0.2) is 4.79 Å². The van der Waals surface area contributed by atoms with Gasteiger partial charge in [0.15, 0.2) is 6.04 Å². The minimum Gasteiger partial charge on any atom is -0.480 e. The van der Waals surface area contributed by atoms with Gasteiger partial charge in [0, 0.05) is 11.6 Å². The number of rotatable bonds is 3. The molecule has 0 unspecified atom stereocenters. The quantitative estimate of drug-likeness (QED) is 0.577. The minimum absolute atomic E-state index is 0.0233. The van der Waals surface area contributed by atoms with E-state index >= 15 is 0 Å². The number of hydrogen-bond donors (Lipinski definition) is 1. The van der Waals surface area contributed by atoms with E-state index in [0.717, 1.165) is 18.9 Å². The Morgan fingerprint density at radius 2 is 1.93 bits per heavy atom. The molecule has 2 fully saturated rings. The van der Waals surface area contributed by atoms with Crippen LogP contribution in [0, 0.1) is 21.4 Å². The highest BCUT2D eigenvalue weighted by molar-refractivity contribution is 6.32. The Morgan fingerprint density at radius 3 is 2.45 bits per heavy atom. The van der Waals surface area contributed by atoms with E-state index in [1.165, 1.54) is 17.0 Å². The van der Waals surface area contributed by atoms with Crippen LogP contribution >= 0.6 is 11.6 Å². The second kappa shape index (κ2) is 7.57. The molecule has 1 saturated heterocycles. The Bertz CT molecular complexity index is 842. The van der Waals surface area contributed by atoms with Crippen molar-refractivity contribution in [2.24, 2.45) is 11.3 Å². The van der Waals surface area contributed by atoms with Crippen LogP contribution in [0.5, 0.6) is 0 Å². The van der Waals surface area contributed by atoms with E-state index in [-0.39, 0.29) is 22.6 Å². The Kier molecular flexibility index (Phi) is 5.62. The van der Waals surface area contributed by atoms with E-state index in [4.69, 9.17) is 16.3 Å². The van der Waals surface area contributed by atoms with Crippen LogP contribution in [0.3, 0.4) is 0 Å². The summed E-state index contributed by atoms with van der Waals surface area (Å²) in [4.78, 5) is 36.9. The van der Waals surface area contributed by atoms with Gasteiger partial charge < -0.3 is 9.84 Å². The van der Waals surface area contributed by atoms with E-state index in [9.17, 15) is 24.8 Å². The third kappa shape index (κ3) is 3.96. The summed E-state index contributed by atoms with van der Waals surface area (Å²) in [5, 5.41) is 20.8. The van der Waals surface area contributed by atoms with Crippen molar-refractivity contribution in [2.45, 2.75) is 58.2 Å². The molecule has 1 saturated carbocycles. The number of ether oxygens (including phenoxy) is 1. The highest BCUT2D eigenvalue weighted by atomic mass is 35.5. The van der Waals surface area contributed by atoms with Crippen molar-refractivity contribution in [3.8, 4) is 0 Å². The average Bonchev–Trinajstić information content (AvgIpc) is 2.99. The van der Waals surface area contributed by atoms with Crippen molar-refractivity contribution >= 4 is 29.2 Å². The SMILES string of the molecule is CC(C)(C)C1CCC2(CC1)OC[C@H](C(=O)O)N2C(=O)c1ccc(Cl)c([N+](=O)[O-])c1. The fourth-order valence-corrected chi connectivity index (χ4v) is 4.60. The summed E-state index contributed by atoms with van der Waals surface area (Å²) in [6.45, 7) is 6.40. The fourth-order valence-electron chi connectivity index (χ4n) is 4.42. The van der Waals surface area contributed by atoms with Gasteiger partial charge in [-0.2, -0.15) is 0 Å². The molecule has 29 heavy (non-hydrogen) atoms. The maximum Gasteiger partial charge on any atom is 0.328 e. The van der Waals surface area contributed by atoms with Gasteiger partial charge >= 0.3 is 5.97 Å². The Balaban J connectivity index is 1.95. The molecular formula is C20H25ClN2O6. The standard InChI is InChI=1S/C20H25ClN2O6/c1-19(2,3)13-6-8-20(9-7-13)22(16(11-29-20)18(25)26)17(24)12-4-5-14(21)15(10-12)23(27)28/h4-5,10,13,16H,6-9,11H2,1-3H3,(H,25,26)/t13?,16-,20?/m1/s1. The summed E-state index contributed by atoms with van der Waals surface area (Å²) >= 11 is 5.85. The predicted molar refractivity (Wildman–Crippen MR) is 106 cm³/mol. The van der Waals surface area contributed by atoms with Gasteiger partial charge in [-0.05, 0) is 49.1 Å². The maximum atomic E-state index is 13.3. The van der Waals surface area contributed by atoms with Gasteiger partial charge in [-0.3, -0.25) is 19.8 Å². The molecule has 1 atom stereocenters. The number of carbonyl (C=O) groups is 2. The third-order valence-corrected chi connectivity index (χ3v) is 6.47. The Hall–Kier alpha value is -2.19. The number of carboxylic acids is 1. The summed E-state index contributed by atoms with van der Waals surface area (Å²) in [6, 6.07) is 2.62. The first-order chi connectivity index (χ1) is 13.5. The van der Waals surface area contributed by atoms with Crippen LogP contribution in [0.2, 0.25) is 5.02 Å². The monoisotopic (exact) mass is 424 g/mol. The number of aliphatic carboxylic acids is 1. The number of halogens is 1. The van der Waals surface area contributed by atoms with Gasteiger partial charge in [0.1, 0.15) is 10.7 Å². The fraction of sp³-hybridized carbons (Fsp3) is 0.600. The first-order valence-corrected chi connectivity index (χ1v) is 9.98. The van der Waals surface area contributed by atoms with Crippen LogP contribution in [0.4, 0.5) is 5.69 Å². The summed E-state index contributed by atoms with van der Waals surface area (Å²) in [5.41, 5.74) is -1.26. The molecule has 8 nitrogen and oxygen atoms in total. The maximum absolute atomic E-state index is 13.3. The molecule has 2 aliphatic rings. The molecule has 1 amide bonds. The van der Waals surface area contributed by atoms with E-state index in [0.29, 0.717) is 18.8 Å². The molecule has 0 bridgehead atoms. The van der Waals surface area contributed by atoms with Crippen molar-refractivity contribution in [1.29, 1.82) is 0 Å². The first kappa shape index (κ1) is 21.5. The third-order valence-electron chi connectivity index (χ3n) is 6.15. The first-order valence-electron chi connectivity index (χ1n) is 9.61. The number of carbonyl (C=O) groups excluding carboxylic acids is 1. The minimum atomic E-state index is -1.16. The zero-order valence-corrected chi connectivity index (χ0v) is 17.4.